The molecule has 0 radical (unpaired) electrons. The first-order chi connectivity index (χ1) is 9.19. The highest BCUT2D eigenvalue weighted by molar-refractivity contribution is 5.77. The molecule has 5 heteroatoms. The summed E-state index contributed by atoms with van der Waals surface area (Å²) < 4.78 is 18.9. The number of nitrogens with one attached hydrogen (secondary N) is 2. The Morgan fingerprint density at radius 2 is 2.32 bits per heavy atom. The Balaban J connectivity index is 2.65. The number of carbonyl (C=O) groups is 1. The van der Waals surface area contributed by atoms with Crippen LogP contribution < -0.4 is 15.4 Å². The normalized spacial score (nSPS) is 10.0. The lowest BCUT2D eigenvalue weighted by molar-refractivity contribution is -0.122. The molecular weight excluding hydrogens is 247 g/mol. The van der Waals surface area contributed by atoms with Crippen molar-refractivity contribution in [3.05, 3.63) is 42.2 Å². The van der Waals surface area contributed by atoms with Gasteiger partial charge in [-0.1, -0.05) is 25.1 Å². The van der Waals surface area contributed by atoms with Gasteiger partial charge in [0.05, 0.1) is 0 Å². The Morgan fingerprint density at radius 1 is 1.53 bits per heavy atom. The summed E-state index contributed by atoms with van der Waals surface area (Å²) in [7, 11) is 0. The molecule has 1 amide bonds. The summed E-state index contributed by atoms with van der Waals surface area (Å²) in [4.78, 5) is 11.4. The fourth-order valence-electron chi connectivity index (χ4n) is 1.49. The van der Waals surface area contributed by atoms with Crippen molar-refractivity contribution < 1.29 is 13.9 Å². The molecule has 0 saturated carbocycles. The van der Waals surface area contributed by atoms with Crippen molar-refractivity contribution in [3.8, 4) is 5.75 Å². The van der Waals surface area contributed by atoms with Crippen LogP contribution in [0.5, 0.6) is 5.75 Å². The average molecular weight is 266 g/mol. The Labute approximate surface area is 112 Å². The van der Waals surface area contributed by atoms with Crippen molar-refractivity contribution in [1.82, 2.24) is 10.6 Å². The first-order valence-electron chi connectivity index (χ1n) is 6.17. The van der Waals surface area contributed by atoms with Crippen molar-refractivity contribution in [2.45, 2.75) is 13.5 Å². The Morgan fingerprint density at radius 3 is 3.00 bits per heavy atom. The molecule has 104 valence electrons. The summed E-state index contributed by atoms with van der Waals surface area (Å²) >= 11 is 0. The van der Waals surface area contributed by atoms with E-state index < -0.39 is 5.82 Å². The molecule has 0 heterocycles. The molecule has 4 nitrogen and oxygen atoms in total. The van der Waals surface area contributed by atoms with E-state index in [1.165, 1.54) is 6.07 Å². The molecule has 19 heavy (non-hydrogen) atoms. The molecule has 0 aromatic heterocycles. The van der Waals surface area contributed by atoms with Crippen molar-refractivity contribution in [3.63, 3.8) is 0 Å². The van der Waals surface area contributed by atoms with Gasteiger partial charge in [-0.15, -0.1) is 6.58 Å². The van der Waals surface area contributed by atoms with Gasteiger partial charge in [-0.2, -0.15) is 0 Å². The number of ether oxygens (including phenoxy) is 1. The van der Waals surface area contributed by atoms with E-state index in [2.05, 4.69) is 17.2 Å². The quantitative estimate of drug-likeness (QED) is 0.703. The Kier molecular flexibility index (Phi) is 6.60. The highest BCUT2D eigenvalue weighted by Gasteiger charge is 2.11. The second-order valence-electron chi connectivity index (χ2n) is 3.89. The highest BCUT2D eigenvalue weighted by atomic mass is 19.1. The summed E-state index contributed by atoms with van der Waals surface area (Å²) in [6, 6.07) is 4.70. The molecule has 0 spiro atoms. The van der Waals surface area contributed by atoms with Gasteiger partial charge in [0, 0.05) is 18.7 Å². The van der Waals surface area contributed by atoms with Crippen molar-refractivity contribution in [2.24, 2.45) is 0 Å². The van der Waals surface area contributed by atoms with Crippen LogP contribution in [0.3, 0.4) is 0 Å². The summed E-state index contributed by atoms with van der Waals surface area (Å²) in [6.07, 6.45) is 1.57. The van der Waals surface area contributed by atoms with E-state index in [1.807, 2.05) is 6.92 Å². The molecule has 0 aliphatic carbocycles. The molecule has 0 unspecified atom stereocenters. The number of halogens is 1. The third-order valence-electron chi connectivity index (χ3n) is 2.41. The number of rotatable bonds is 8. The van der Waals surface area contributed by atoms with Gasteiger partial charge in [0.2, 0.25) is 0 Å². The van der Waals surface area contributed by atoms with Gasteiger partial charge < -0.3 is 15.4 Å². The zero-order chi connectivity index (χ0) is 14.1. The van der Waals surface area contributed by atoms with E-state index in [4.69, 9.17) is 4.74 Å². The van der Waals surface area contributed by atoms with E-state index in [9.17, 15) is 9.18 Å². The van der Waals surface area contributed by atoms with Crippen molar-refractivity contribution in [1.29, 1.82) is 0 Å². The fourth-order valence-corrected chi connectivity index (χ4v) is 1.49. The van der Waals surface area contributed by atoms with E-state index in [1.54, 1.807) is 18.2 Å². The summed E-state index contributed by atoms with van der Waals surface area (Å²) in [5.41, 5.74) is 0.693. The summed E-state index contributed by atoms with van der Waals surface area (Å²) in [6.45, 7) is 6.87. The van der Waals surface area contributed by atoms with Gasteiger partial charge in [0.1, 0.15) is 0 Å². The van der Waals surface area contributed by atoms with Crippen LogP contribution in [0.4, 0.5) is 4.39 Å². The Bertz CT molecular complexity index is 435. The maximum absolute atomic E-state index is 13.7. The third kappa shape index (κ3) is 5.09. The number of benzene rings is 1. The molecule has 2 N–H and O–H groups in total. The molecule has 0 saturated heterocycles. The largest absolute Gasteiger partial charge is 0.480 e. The van der Waals surface area contributed by atoms with E-state index in [0.29, 0.717) is 18.7 Å². The third-order valence-corrected chi connectivity index (χ3v) is 2.41. The first-order valence-corrected chi connectivity index (χ1v) is 6.17. The van der Waals surface area contributed by atoms with Gasteiger partial charge in [0.15, 0.2) is 18.2 Å². The van der Waals surface area contributed by atoms with E-state index >= 15 is 0 Å². The predicted molar refractivity (Wildman–Crippen MR) is 72.5 cm³/mol. The molecule has 0 aliphatic rings. The minimum atomic E-state index is -0.466. The molecule has 0 fully saturated rings. The van der Waals surface area contributed by atoms with Crippen molar-refractivity contribution >= 4 is 5.91 Å². The predicted octanol–water partition coefficient (Wildman–Crippen LogP) is 1.62. The van der Waals surface area contributed by atoms with Gasteiger partial charge >= 0.3 is 0 Å². The molecule has 0 bridgehead atoms. The van der Waals surface area contributed by atoms with Crippen LogP contribution in [0, 0.1) is 5.82 Å². The molecule has 0 atom stereocenters. The number of hydrogen-bond acceptors (Lipinski definition) is 3. The molecule has 0 aliphatic heterocycles. The number of para-hydroxylation sites is 1. The second-order valence-corrected chi connectivity index (χ2v) is 3.89. The summed E-state index contributed by atoms with van der Waals surface area (Å²) in [5.74, 6) is -0.651. The lowest BCUT2D eigenvalue weighted by Crippen LogP contribution is -2.29. The monoisotopic (exact) mass is 266 g/mol. The maximum Gasteiger partial charge on any atom is 0.258 e. The number of hydrogen-bond donors (Lipinski definition) is 2. The van der Waals surface area contributed by atoms with Gasteiger partial charge in [-0.3, -0.25) is 4.79 Å². The van der Waals surface area contributed by atoms with Crippen LogP contribution in [0.2, 0.25) is 0 Å². The van der Waals surface area contributed by atoms with Crippen molar-refractivity contribution in [2.75, 3.05) is 19.7 Å². The fraction of sp³-hybridized carbons (Fsp3) is 0.357. The van der Waals surface area contributed by atoms with E-state index in [0.717, 1.165) is 6.54 Å². The number of carbonyl (C=O) groups excluding carboxylic acids is 1. The molecular formula is C14H19FN2O2. The minimum absolute atomic E-state index is 0.122. The zero-order valence-corrected chi connectivity index (χ0v) is 11.0. The second kappa shape index (κ2) is 8.26. The number of amides is 1. The molecule has 1 aromatic rings. The van der Waals surface area contributed by atoms with Gasteiger partial charge in [-0.25, -0.2) is 4.39 Å². The van der Waals surface area contributed by atoms with Crippen LogP contribution in [0.1, 0.15) is 12.5 Å². The van der Waals surface area contributed by atoms with Gasteiger partial charge in [-0.05, 0) is 12.6 Å². The van der Waals surface area contributed by atoms with Crippen LogP contribution in [0.15, 0.2) is 30.9 Å². The summed E-state index contributed by atoms with van der Waals surface area (Å²) in [5, 5.41) is 5.66. The van der Waals surface area contributed by atoms with Crippen LogP contribution in [-0.4, -0.2) is 25.6 Å². The first kappa shape index (κ1) is 15.2. The SMILES string of the molecule is C=CCNC(=O)COc1c(F)cccc1CNCC. The standard InChI is InChI=1S/C14H19FN2O2/c1-3-8-17-13(18)10-19-14-11(9-16-4-2)6-5-7-12(14)15/h3,5-7,16H,1,4,8-10H2,2H3,(H,17,18). The van der Waals surface area contributed by atoms with Crippen LogP contribution >= 0.6 is 0 Å². The minimum Gasteiger partial charge on any atom is -0.480 e. The van der Waals surface area contributed by atoms with Crippen LogP contribution in [0.25, 0.3) is 0 Å². The lowest BCUT2D eigenvalue weighted by atomic mass is 10.2. The Hall–Kier alpha value is -1.88. The highest BCUT2D eigenvalue weighted by Crippen LogP contribution is 2.22. The van der Waals surface area contributed by atoms with E-state index in [-0.39, 0.29) is 18.3 Å². The smallest absolute Gasteiger partial charge is 0.258 e. The van der Waals surface area contributed by atoms with Crippen LogP contribution in [-0.2, 0) is 11.3 Å². The molecule has 1 rings (SSSR count). The molecule has 1 aromatic carbocycles. The van der Waals surface area contributed by atoms with Gasteiger partial charge in [0.25, 0.3) is 5.91 Å². The topological polar surface area (TPSA) is 50.4 Å². The lowest BCUT2D eigenvalue weighted by Gasteiger charge is -2.12. The average Bonchev–Trinajstić information content (AvgIpc) is 2.41. The zero-order valence-electron chi connectivity index (χ0n) is 11.0. The maximum atomic E-state index is 13.7.